The molecule has 0 saturated carbocycles. The number of nitrogens with one attached hydrogen (secondary N) is 1. The summed E-state index contributed by atoms with van der Waals surface area (Å²) in [6.07, 6.45) is 2.80. The van der Waals surface area contributed by atoms with Crippen LogP contribution in [0.3, 0.4) is 0 Å². The Morgan fingerprint density at radius 2 is 1.89 bits per heavy atom. The molecule has 0 aromatic carbocycles. The fourth-order valence-electron chi connectivity index (χ4n) is 1.09. The van der Waals surface area contributed by atoms with Crippen molar-refractivity contribution in [1.82, 2.24) is 14.9 Å². The zero-order chi connectivity index (χ0) is 13.5. The van der Waals surface area contributed by atoms with Gasteiger partial charge in [-0.05, 0) is 6.07 Å². The third-order valence-corrected chi connectivity index (χ3v) is 1.74. The maximum Gasteiger partial charge on any atom is 0.325 e. The van der Waals surface area contributed by atoms with Crippen LogP contribution >= 0.6 is 0 Å². The molecule has 0 fully saturated rings. The number of nitrogens with zero attached hydrogens (tertiary/aromatic N) is 3. The van der Waals surface area contributed by atoms with Crippen LogP contribution in [-0.4, -0.2) is 51.0 Å². The van der Waals surface area contributed by atoms with Crippen LogP contribution in [0.1, 0.15) is 0 Å². The molecule has 4 N–H and O–H groups in total. The molecule has 1 aromatic heterocycles. The number of aliphatic carboxylic acids is 1. The van der Waals surface area contributed by atoms with Crippen molar-refractivity contribution in [3.05, 3.63) is 18.5 Å². The lowest BCUT2D eigenvalue weighted by atomic mass is 10.4. The van der Waals surface area contributed by atoms with Gasteiger partial charge in [0.25, 0.3) is 0 Å². The Kier molecular flexibility index (Phi) is 4.55. The first-order chi connectivity index (χ1) is 8.49. The molecule has 9 nitrogen and oxygen atoms in total. The molecule has 1 rings (SSSR count). The lowest BCUT2D eigenvalue weighted by Gasteiger charge is -2.18. The minimum atomic E-state index is -1.26. The van der Waals surface area contributed by atoms with Crippen molar-refractivity contribution in [2.45, 2.75) is 0 Å². The standard InChI is InChI=1S/C9H11N5O4/c10-6(15)4-14(5-7(16)17)9(18)13-8-11-2-1-3-12-8/h1-3H,4-5H2,(H2,10,15)(H,16,17)(H,11,12,13,18). The van der Waals surface area contributed by atoms with Crippen molar-refractivity contribution in [2.75, 3.05) is 18.4 Å². The highest BCUT2D eigenvalue weighted by molar-refractivity contribution is 5.92. The number of primary amides is 1. The monoisotopic (exact) mass is 253 g/mol. The number of hydrogen-bond acceptors (Lipinski definition) is 5. The summed E-state index contributed by atoms with van der Waals surface area (Å²) in [5.41, 5.74) is 4.92. The smallest absolute Gasteiger partial charge is 0.325 e. The number of hydrogen-bond donors (Lipinski definition) is 3. The van der Waals surface area contributed by atoms with Crippen LogP contribution in [-0.2, 0) is 9.59 Å². The zero-order valence-corrected chi connectivity index (χ0v) is 9.24. The van der Waals surface area contributed by atoms with Gasteiger partial charge >= 0.3 is 12.0 Å². The molecule has 0 bridgehead atoms. The molecule has 18 heavy (non-hydrogen) atoms. The zero-order valence-electron chi connectivity index (χ0n) is 9.24. The van der Waals surface area contributed by atoms with E-state index in [1.807, 2.05) is 0 Å². The number of rotatable bonds is 5. The topological polar surface area (TPSA) is 139 Å². The Hall–Kier alpha value is -2.71. The van der Waals surface area contributed by atoms with E-state index in [2.05, 4.69) is 15.3 Å². The van der Waals surface area contributed by atoms with Gasteiger partial charge in [0, 0.05) is 12.4 Å². The van der Waals surface area contributed by atoms with Crippen molar-refractivity contribution in [2.24, 2.45) is 5.73 Å². The van der Waals surface area contributed by atoms with Gasteiger partial charge in [0.05, 0.1) is 0 Å². The van der Waals surface area contributed by atoms with Crippen molar-refractivity contribution in [3.8, 4) is 0 Å². The first kappa shape index (κ1) is 13.4. The molecule has 0 aliphatic rings. The highest BCUT2D eigenvalue weighted by atomic mass is 16.4. The Labute approximate surface area is 102 Å². The van der Waals surface area contributed by atoms with Gasteiger partial charge in [-0.3, -0.25) is 14.9 Å². The third-order valence-electron chi connectivity index (χ3n) is 1.74. The fraction of sp³-hybridized carbons (Fsp3) is 0.222. The summed E-state index contributed by atoms with van der Waals surface area (Å²) in [5.74, 6) is -2.08. The van der Waals surface area contributed by atoms with Crippen LogP contribution in [0.25, 0.3) is 0 Å². The van der Waals surface area contributed by atoms with Crippen LogP contribution in [0.15, 0.2) is 18.5 Å². The van der Waals surface area contributed by atoms with Crippen LogP contribution < -0.4 is 11.1 Å². The van der Waals surface area contributed by atoms with Gasteiger partial charge in [0.2, 0.25) is 11.9 Å². The van der Waals surface area contributed by atoms with E-state index < -0.39 is 31.0 Å². The summed E-state index contributed by atoms with van der Waals surface area (Å²) < 4.78 is 0. The lowest BCUT2D eigenvalue weighted by Crippen LogP contribution is -2.43. The predicted molar refractivity (Wildman–Crippen MR) is 59.5 cm³/mol. The van der Waals surface area contributed by atoms with E-state index in [0.717, 1.165) is 4.90 Å². The number of nitrogens with two attached hydrogens (primary N) is 1. The van der Waals surface area contributed by atoms with E-state index in [0.29, 0.717) is 0 Å². The molecule has 1 heterocycles. The van der Waals surface area contributed by atoms with E-state index in [1.165, 1.54) is 12.4 Å². The largest absolute Gasteiger partial charge is 0.480 e. The number of aromatic nitrogens is 2. The molecule has 9 heteroatoms. The second-order valence-electron chi connectivity index (χ2n) is 3.22. The lowest BCUT2D eigenvalue weighted by molar-refractivity contribution is -0.137. The summed E-state index contributed by atoms with van der Waals surface area (Å²) in [6.45, 7) is -1.16. The maximum absolute atomic E-state index is 11.6. The molecule has 0 aliphatic heterocycles. The highest BCUT2D eigenvalue weighted by Gasteiger charge is 2.19. The van der Waals surface area contributed by atoms with E-state index in [-0.39, 0.29) is 5.95 Å². The molecular weight excluding hydrogens is 242 g/mol. The molecule has 0 spiro atoms. The average molecular weight is 253 g/mol. The minimum absolute atomic E-state index is 0.00218. The summed E-state index contributed by atoms with van der Waals surface area (Å²) in [4.78, 5) is 41.1. The Morgan fingerprint density at radius 1 is 1.28 bits per heavy atom. The summed E-state index contributed by atoms with van der Waals surface area (Å²) in [7, 11) is 0. The fourth-order valence-corrected chi connectivity index (χ4v) is 1.09. The number of carbonyl (C=O) groups is 3. The van der Waals surface area contributed by atoms with E-state index in [4.69, 9.17) is 10.8 Å². The van der Waals surface area contributed by atoms with Crippen LogP contribution in [0.5, 0.6) is 0 Å². The second kappa shape index (κ2) is 6.13. The highest BCUT2D eigenvalue weighted by Crippen LogP contribution is 1.98. The second-order valence-corrected chi connectivity index (χ2v) is 3.22. The molecule has 0 unspecified atom stereocenters. The molecule has 0 saturated heterocycles. The molecule has 3 amide bonds. The minimum Gasteiger partial charge on any atom is -0.480 e. The number of anilines is 1. The SMILES string of the molecule is NC(=O)CN(CC(=O)O)C(=O)Nc1ncccn1. The number of carboxylic acids is 1. The van der Waals surface area contributed by atoms with Crippen molar-refractivity contribution in [1.29, 1.82) is 0 Å². The van der Waals surface area contributed by atoms with Gasteiger partial charge in [-0.2, -0.15) is 0 Å². The quantitative estimate of drug-likeness (QED) is 0.607. The van der Waals surface area contributed by atoms with Crippen LogP contribution in [0.4, 0.5) is 10.7 Å². The number of carboxylic acid groups (broad SMARTS) is 1. The van der Waals surface area contributed by atoms with Crippen molar-refractivity contribution < 1.29 is 19.5 Å². The van der Waals surface area contributed by atoms with Crippen LogP contribution in [0.2, 0.25) is 0 Å². The normalized spacial score (nSPS) is 9.56. The first-order valence-electron chi connectivity index (χ1n) is 4.82. The maximum atomic E-state index is 11.6. The average Bonchev–Trinajstić information content (AvgIpc) is 2.28. The Morgan fingerprint density at radius 3 is 2.39 bits per heavy atom. The van der Waals surface area contributed by atoms with E-state index in [9.17, 15) is 14.4 Å². The molecule has 0 radical (unpaired) electrons. The van der Waals surface area contributed by atoms with Gasteiger partial charge in [-0.25, -0.2) is 14.8 Å². The predicted octanol–water partition coefficient (Wildman–Crippen LogP) is -1.12. The Balaban J connectivity index is 2.69. The van der Waals surface area contributed by atoms with Gasteiger partial charge < -0.3 is 15.7 Å². The van der Waals surface area contributed by atoms with Crippen molar-refractivity contribution >= 4 is 23.9 Å². The summed E-state index contributed by atoms with van der Waals surface area (Å²) in [6, 6.07) is 0.732. The van der Waals surface area contributed by atoms with E-state index in [1.54, 1.807) is 6.07 Å². The van der Waals surface area contributed by atoms with Crippen LogP contribution in [0, 0.1) is 0 Å². The molecule has 96 valence electrons. The Bertz CT molecular complexity index is 434. The summed E-state index contributed by atoms with van der Waals surface area (Å²) in [5, 5.41) is 10.9. The molecule has 0 aliphatic carbocycles. The van der Waals surface area contributed by atoms with Gasteiger partial charge in [0.15, 0.2) is 0 Å². The first-order valence-corrected chi connectivity index (χ1v) is 4.82. The summed E-state index contributed by atoms with van der Waals surface area (Å²) >= 11 is 0. The third kappa shape index (κ3) is 4.43. The molecule has 0 atom stereocenters. The van der Waals surface area contributed by atoms with E-state index >= 15 is 0 Å². The van der Waals surface area contributed by atoms with Gasteiger partial charge in [0.1, 0.15) is 13.1 Å². The number of amides is 3. The van der Waals surface area contributed by atoms with Crippen molar-refractivity contribution in [3.63, 3.8) is 0 Å². The molecular formula is C9H11N5O4. The van der Waals surface area contributed by atoms with Gasteiger partial charge in [-0.15, -0.1) is 0 Å². The molecule has 1 aromatic rings. The van der Waals surface area contributed by atoms with Gasteiger partial charge in [-0.1, -0.05) is 0 Å². The number of carbonyl (C=O) groups excluding carboxylic acids is 2. The number of urea groups is 1.